The fourth-order valence-electron chi connectivity index (χ4n) is 2.82. The van der Waals surface area contributed by atoms with Crippen molar-refractivity contribution in [1.82, 2.24) is 4.72 Å². The Labute approximate surface area is 144 Å². The summed E-state index contributed by atoms with van der Waals surface area (Å²) >= 11 is 0. The van der Waals surface area contributed by atoms with Gasteiger partial charge in [0.2, 0.25) is 10.0 Å². The molecule has 1 aromatic rings. The molecule has 1 aliphatic rings. The molecule has 0 spiro atoms. The molecule has 1 aromatic carbocycles. The summed E-state index contributed by atoms with van der Waals surface area (Å²) in [6, 6.07) is 7.37. The number of aliphatic hydroxyl groups is 1. The maximum Gasteiger partial charge on any atom is 0.211 e. The van der Waals surface area contributed by atoms with Crippen molar-refractivity contribution in [2.24, 2.45) is 5.92 Å². The average molecular weight is 357 g/mol. The van der Waals surface area contributed by atoms with Gasteiger partial charge in [-0.15, -0.1) is 0 Å². The number of aliphatic hydroxyl groups excluding tert-OH is 1. The molecule has 24 heavy (non-hydrogen) atoms. The zero-order chi connectivity index (χ0) is 17.4. The zero-order valence-electron chi connectivity index (χ0n) is 14.1. The van der Waals surface area contributed by atoms with E-state index in [4.69, 9.17) is 9.47 Å². The van der Waals surface area contributed by atoms with E-state index in [9.17, 15) is 13.5 Å². The second-order valence-corrected chi connectivity index (χ2v) is 8.04. The van der Waals surface area contributed by atoms with Crippen LogP contribution in [-0.2, 0) is 21.2 Å². The van der Waals surface area contributed by atoms with Crippen molar-refractivity contribution in [3.8, 4) is 5.75 Å². The van der Waals surface area contributed by atoms with E-state index < -0.39 is 16.1 Å². The summed E-state index contributed by atoms with van der Waals surface area (Å²) in [5.74, 6) is 0.997. The Morgan fingerprint density at radius 3 is 2.58 bits per heavy atom. The summed E-state index contributed by atoms with van der Waals surface area (Å²) in [6.07, 6.45) is 2.09. The Hall–Kier alpha value is -1.15. The van der Waals surface area contributed by atoms with Crippen LogP contribution < -0.4 is 9.46 Å². The van der Waals surface area contributed by atoms with E-state index >= 15 is 0 Å². The van der Waals surface area contributed by atoms with Crippen LogP contribution in [-0.4, -0.2) is 52.2 Å². The highest BCUT2D eigenvalue weighted by molar-refractivity contribution is 7.89. The average Bonchev–Trinajstić information content (AvgIpc) is 2.61. The minimum absolute atomic E-state index is 0.0344. The lowest BCUT2D eigenvalue weighted by Gasteiger charge is -2.26. The third-order valence-corrected chi connectivity index (χ3v) is 5.78. The van der Waals surface area contributed by atoms with Crippen molar-refractivity contribution in [2.45, 2.75) is 31.8 Å². The first-order valence-electron chi connectivity index (χ1n) is 8.36. The number of rotatable bonds is 9. The molecule has 0 amide bonds. The molecule has 1 saturated heterocycles. The number of aryl methyl sites for hydroxylation is 1. The van der Waals surface area contributed by atoms with Crippen LogP contribution in [0.5, 0.6) is 5.75 Å². The van der Waals surface area contributed by atoms with E-state index in [1.807, 2.05) is 24.3 Å². The smallest absolute Gasteiger partial charge is 0.211 e. The number of hydrogen-bond donors (Lipinski definition) is 2. The van der Waals surface area contributed by atoms with Gasteiger partial charge >= 0.3 is 0 Å². The molecule has 1 atom stereocenters. The third kappa shape index (κ3) is 6.39. The second kappa shape index (κ2) is 9.36. The molecule has 0 radical (unpaired) electrons. The van der Waals surface area contributed by atoms with Crippen LogP contribution in [0.3, 0.4) is 0 Å². The molecule has 1 heterocycles. The number of sulfonamides is 1. The standard InChI is InChI=1S/C17H27NO5S/c1-22-16-4-2-14(3-5-16)9-13-24(20,21)18-10-6-17(19)15-7-11-23-12-8-15/h2-5,15,17-19H,6-13H2,1H3/t17-/m0/s1. The van der Waals surface area contributed by atoms with Gasteiger partial charge in [0.15, 0.2) is 0 Å². The topological polar surface area (TPSA) is 84.9 Å². The maximum atomic E-state index is 12.0. The molecular weight excluding hydrogens is 330 g/mol. The van der Waals surface area contributed by atoms with Gasteiger partial charge in [-0.3, -0.25) is 0 Å². The van der Waals surface area contributed by atoms with Crippen LogP contribution in [0.25, 0.3) is 0 Å². The van der Waals surface area contributed by atoms with Gasteiger partial charge in [0.25, 0.3) is 0 Å². The zero-order valence-corrected chi connectivity index (χ0v) is 14.9. The molecular formula is C17H27NO5S. The van der Waals surface area contributed by atoms with E-state index in [-0.39, 0.29) is 18.2 Å². The first-order valence-corrected chi connectivity index (χ1v) is 10.0. The van der Waals surface area contributed by atoms with Crippen LogP contribution in [0.15, 0.2) is 24.3 Å². The molecule has 0 aliphatic carbocycles. The Bertz CT molecular complexity index is 582. The van der Waals surface area contributed by atoms with Crippen LogP contribution in [0.1, 0.15) is 24.8 Å². The molecule has 6 nitrogen and oxygen atoms in total. The van der Waals surface area contributed by atoms with Crippen molar-refractivity contribution in [3.63, 3.8) is 0 Å². The van der Waals surface area contributed by atoms with E-state index in [1.165, 1.54) is 0 Å². The van der Waals surface area contributed by atoms with Crippen LogP contribution in [0.4, 0.5) is 0 Å². The summed E-state index contributed by atoms with van der Waals surface area (Å²) in [5, 5.41) is 10.1. The predicted molar refractivity (Wildman–Crippen MR) is 92.7 cm³/mol. The summed E-state index contributed by atoms with van der Waals surface area (Å²) in [6.45, 7) is 1.62. The highest BCUT2D eigenvalue weighted by atomic mass is 32.2. The van der Waals surface area contributed by atoms with Crippen LogP contribution >= 0.6 is 0 Å². The van der Waals surface area contributed by atoms with Gasteiger partial charge in [-0.25, -0.2) is 13.1 Å². The van der Waals surface area contributed by atoms with Crippen molar-refractivity contribution < 1.29 is 23.0 Å². The highest BCUT2D eigenvalue weighted by Crippen LogP contribution is 2.20. The van der Waals surface area contributed by atoms with Crippen LogP contribution in [0.2, 0.25) is 0 Å². The Morgan fingerprint density at radius 1 is 1.29 bits per heavy atom. The van der Waals surface area contributed by atoms with E-state index in [0.717, 1.165) is 24.2 Å². The lowest BCUT2D eigenvalue weighted by atomic mass is 9.92. The normalized spacial score (nSPS) is 17.6. The van der Waals surface area contributed by atoms with Gasteiger partial charge in [-0.1, -0.05) is 12.1 Å². The fraction of sp³-hybridized carbons (Fsp3) is 0.647. The van der Waals surface area contributed by atoms with E-state index in [2.05, 4.69) is 4.72 Å². The quantitative estimate of drug-likeness (QED) is 0.697. The summed E-state index contributed by atoms with van der Waals surface area (Å²) in [4.78, 5) is 0. The monoisotopic (exact) mass is 357 g/mol. The van der Waals surface area contributed by atoms with E-state index in [1.54, 1.807) is 7.11 Å². The third-order valence-electron chi connectivity index (χ3n) is 4.39. The second-order valence-electron chi connectivity index (χ2n) is 6.12. The summed E-state index contributed by atoms with van der Waals surface area (Å²) in [7, 11) is -1.74. The van der Waals surface area contributed by atoms with Gasteiger partial charge in [0.1, 0.15) is 5.75 Å². The molecule has 0 saturated carbocycles. The molecule has 0 unspecified atom stereocenters. The first kappa shape index (κ1) is 19.2. The molecule has 2 rings (SSSR count). The Kier molecular flexibility index (Phi) is 7.48. The summed E-state index contributed by atoms with van der Waals surface area (Å²) in [5.41, 5.74) is 0.948. The van der Waals surface area contributed by atoms with Gasteiger partial charge in [-0.2, -0.15) is 0 Å². The number of benzene rings is 1. The van der Waals surface area contributed by atoms with Gasteiger partial charge in [0, 0.05) is 19.8 Å². The lowest BCUT2D eigenvalue weighted by Crippen LogP contribution is -2.33. The predicted octanol–water partition coefficient (Wildman–Crippen LogP) is 1.33. The SMILES string of the molecule is COc1ccc(CCS(=O)(=O)NCC[C@H](O)C2CCOCC2)cc1. The molecule has 0 aromatic heterocycles. The lowest BCUT2D eigenvalue weighted by molar-refractivity contribution is 0.00567. The summed E-state index contributed by atoms with van der Waals surface area (Å²) < 4.78 is 37.0. The van der Waals surface area contributed by atoms with Crippen LogP contribution in [0, 0.1) is 5.92 Å². The van der Waals surface area contributed by atoms with Crippen molar-refractivity contribution in [2.75, 3.05) is 32.6 Å². The molecule has 1 aliphatic heterocycles. The Morgan fingerprint density at radius 2 is 1.96 bits per heavy atom. The molecule has 136 valence electrons. The minimum atomic E-state index is -3.34. The van der Waals surface area contributed by atoms with E-state index in [0.29, 0.717) is 26.1 Å². The number of ether oxygens (including phenoxy) is 2. The van der Waals surface area contributed by atoms with Gasteiger partial charge < -0.3 is 14.6 Å². The number of nitrogens with one attached hydrogen (secondary N) is 1. The van der Waals surface area contributed by atoms with Crippen molar-refractivity contribution in [1.29, 1.82) is 0 Å². The molecule has 1 fully saturated rings. The highest BCUT2D eigenvalue weighted by Gasteiger charge is 2.22. The largest absolute Gasteiger partial charge is 0.497 e. The van der Waals surface area contributed by atoms with Gasteiger partial charge in [-0.05, 0) is 49.3 Å². The Balaban J connectivity index is 1.70. The fourth-order valence-corrected chi connectivity index (χ4v) is 3.89. The van der Waals surface area contributed by atoms with Crippen molar-refractivity contribution >= 4 is 10.0 Å². The van der Waals surface area contributed by atoms with Gasteiger partial charge in [0.05, 0.1) is 19.0 Å². The molecule has 2 N–H and O–H groups in total. The maximum absolute atomic E-state index is 12.0. The minimum Gasteiger partial charge on any atom is -0.497 e. The molecule has 0 bridgehead atoms. The first-order chi connectivity index (χ1) is 11.5. The van der Waals surface area contributed by atoms with Crippen molar-refractivity contribution in [3.05, 3.63) is 29.8 Å². The number of methoxy groups -OCH3 is 1. The molecule has 7 heteroatoms. The number of hydrogen-bond acceptors (Lipinski definition) is 5.